The number of pyridine rings is 1. The third-order valence-electron chi connectivity index (χ3n) is 2.06. The van der Waals surface area contributed by atoms with Crippen molar-refractivity contribution >= 4 is 0 Å². The fourth-order valence-electron chi connectivity index (χ4n) is 1.31. The monoisotopic (exact) mass is 188 g/mol. The first-order valence-corrected chi connectivity index (χ1v) is 4.87. The van der Waals surface area contributed by atoms with E-state index in [0.29, 0.717) is 0 Å². The van der Waals surface area contributed by atoms with Gasteiger partial charge in [0, 0.05) is 24.9 Å². The van der Waals surface area contributed by atoms with Crippen LogP contribution in [0, 0.1) is 11.8 Å². The predicted octanol–water partition coefficient (Wildman–Crippen LogP) is 1.75. The van der Waals surface area contributed by atoms with Crippen LogP contribution < -0.4 is 5.73 Å². The van der Waals surface area contributed by atoms with Crippen molar-refractivity contribution in [1.82, 2.24) is 4.98 Å². The van der Waals surface area contributed by atoms with Gasteiger partial charge in [-0.15, -0.1) is 11.8 Å². The van der Waals surface area contributed by atoms with Crippen LogP contribution in [0.1, 0.15) is 25.3 Å². The minimum Gasteiger partial charge on any atom is -0.327 e. The van der Waals surface area contributed by atoms with Crippen LogP contribution in [0.15, 0.2) is 24.5 Å². The van der Waals surface area contributed by atoms with Crippen molar-refractivity contribution in [1.29, 1.82) is 0 Å². The molecule has 0 radical (unpaired) electrons. The van der Waals surface area contributed by atoms with Crippen molar-refractivity contribution in [3.63, 3.8) is 0 Å². The van der Waals surface area contributed by atoms with E-state index in [1.165, 1.54) is 5.56 Å². The second kappa shape index (κ2) is 6.17. The number of rotatable bonds is 4. The van der Waals surface area contributed by atoms with Gasteiger partial charge in [-0.1, -0.05) is 0 Å². The van der Waals surface area contributed by atoms with E-state index < -0.39 is 0 Å². The van der Waals surface area contributed by atoms with Crippen LogP contribution in [0.3, 0.4) is 0 Å². The minimum atomic E-state index is 0.207. The highest BCUT2D eigenvalue weighted by Gasteiger charge is 2.02. The van der Waals surface area contributed by atoms with E-state index >= 15 is 0 Å². The Bertz CT molecular complexity index is 308. The third kappa shape index (κ3) is 4.06. The molecule has 1 unspecified atom stereocenters. The molecule has 1 aromatic rings. The van der Waals surface area contributed by atoms with Crippen molar-refractivity contribution in [2.45, 2.75) is 32.2 Å². The van der Waals surface area contributed by atoms with Gasteiger partial charge in [0.05, 0.1) is 0 Å². The highest BCUT2D eigenvalue weighted by atomic mass is 14.6. The van der Waals surface area contributed by atoms with E-state index in [-0.39, 0.29) is 6.04 Å². The normalized spacial score (nSPS) is 11.6. The van der Waals surface area contributed by atoms with Crippen LogP contribution in [-0.4, -0.2) is 11.0 Å². The minimum absolute atomic E-state index is 0.207. The summed E-state index contributed by atoms with van der Waals surface area (Å²) < 4.78 is 0. The fourth-order valence-corrected chi connectivity index (χ4v) is 1.31. The van der Waals surface area contributed by atoms with Gasteiger partial charge in [0.1, 0.15) is 0 Å². The van der Waals surface area contributed by atoms with Crippen LogP contribution >= 0.6 is 0 Å². The summed E-state index contributed by atoms with van der Waals surface area (Å²) in [4.78, 5) is 3.96. The molecule has 2 heteroatoms. The summed E-state index contributed by atoms with van der Waals surface area (Å²) in [5.41, 5.74) is 7.21. The van der Waals surface area contributed by atoms with Gasteiger partial charge in [0.2, 0.25) is 0 Å². The van der Waals surface area contributed by atoms with E-state index in [4.69, 9.17) is 5.73 Å². The number of hydrogen-bond acceptors (Lipinski definition) is 2. The van der Waals surface area contributed by atoms with Crippen molar-refractivity contribution in [2.75, 3.05) is 0 Å². The fraction of sp³-hybridized carbons (Fsp3) is 0.417. The number of hydrogen-bond donors (Lipinski definition) is 1. The average Bonchev–Trinajstić information content (AvgIpc) is 2.20. The van der Waals surface area contributed by atoms with Gasteiger partial charge in [0.25, 0.3) is 0 Å². The topological polar surface area (TPSA) is 38.9 Å². The Morgan fingerprint density at radius 1 is 1.43 bits per heavy atom. The maximum absolute atomic E-state index is 5.96. The summed E-state index contributed by atoms with van der Waals surface area (Å²) in [6.07, 6.45) is 6.36. The molecule has 0 saturated carbocycles. The van der Waals surface area contributed by atoms with Gasteiger partial charge in [-0.05, 0) is 37.5 Å². The lowest BCUT2D eigenvalue weighted by molar-refractivity contribution is 0.622. The number of aromatic nitrogens is 1. The molecule has 14 heavy (non-hydrogen) atoms. The van der Waals surface area contributed by atoms with Gasteiger partial charge in [-0.2, -0.15) is 0 Å². The van der Waals surface area contributed by atoms with Gasteiger partial charge in [-0.25, -0.2) is 0 Å². The summed E-state index contributed by atoms with van der Waals surface area (Å²) in [6, 6.07) is 4.22. The zero-order valence-electron chi connectivity index (χ0n) is 8.53. The summed E-state index contributed by atoms with van der Waals surface area (Å²) in [6.45, 7) is 1.86. The smallest absolute Gasteiger partial charge is 0.0270 e. The predicted molar refractivity (Wildman–Crippen MR) is 58.6 cm³/mol. The Kier molecular flexibility index (Phi) is 4.74. The molecule has 0 amide bonds. The molecule has 0 spiro atoms. The maximum Gasteiger partial charge on any atom is 0.0270 e. The molecule has 0 fully saturated rings. The first-order chi connectivity index (χ1) is 6.83. The van der Waals surface area contributed by atoms with Gasteiger partial charge in [-0.3, -0.25) is 4.98 Å². The molecule has 0 aliphatic rings. The van der Waals surface area contributed by atoms with Gasteiger partial charge >= 0.3 is 0 Å². The van der Waals surface area contributed by atoms with Crippen molar-refractivity contribution in [3.8, 4) is 11.8 Å². The number of nitrogens with zero attached hydrogens (tertiary/aromatic N) is 1. The zero-order valence-corrected chi connectivity index (χ0v) is 8.53. The van der Waals surface area contributed by atoms with Crippen molar-refractivity contribution in [2.24, 2.45) is 5.73 Å². The maximum atomic E-state index is 5.96. The zero-order chi connectivity index (χ0) is 10.2. The van der Waals surface area contributed by atoms with E-state index in [1.54, 1.807) is 12.4 Å². The van der Waals surface area contributed by atoms with E-state index in [0.717, 1.165) is 19.3 Å². The second-order valence-corrected chi connectivity index (χ2v) is 3.29. The number of nitrogens with two attached hydrogens (primary N) is 1. The lowest BCUT2D eigenvalue weighted by atomic mass is 10.0. The van der Waals surface area contributed by atoms with Crippen molar-refractivity contribution in [3.05, 3.63) is 30.1 Å². The van der Waals surface area contributed by atoms with Crippen molar-refractivity contribution < 1.29 is 0 Å². The molecule has 1 heterocycles. The molecule has 0 saturated heterocycles. The Balaban J connectivity index is 2.33. The summed E-state index contributed by atoms with van der Waals surface area (Å²) in [5, 5.41) is 0. The van der Waals surface area contributed by atoms with Gasteiger partial charge < -0.3 is 5.73 Å². The standard InChI is InChI=1S/C12H16N2/c1-2-3-4-5-12(13)10-11-6-8-14-9-7-11/h6-9,12H,4-5,10,13H2,1H3. The molecular formula is C12H16N2. The highest BCUT2D eigenvalue weighted by molar-refractivity contribution is 5.11. The molecule has 0 aromatic carbocycles. The van der Waals surface area contributed by atoms with E-state index in [9.17, 15) is 0 Å². The van der Waals surface area contributed by atoms with E-state index in [1.807, 2.05) is 19.1 Å². The largest absolute Gasteiger partial charge is 0.327 e. The summed E-state index contributed by atoms with van der Waals surface area (Å²) in [5.74, 6) is 5.89. The summed E-state index contributed by atoms with van der Waals surface area (Å²) in [7, 11) is 0. The second-order valence-electron chi connectivity index (χ2n) is 3.29. The molecule has 2 N–H and O–H groups in total. The Labute approximate surface area is 85.5 Å². The molecule has 0 bridgehead atoms. The molecule has 1 atom stereocenters. The molecule has 74 valence electrons. The SMILES string of the molecule is CC#CCCC(N)Cc1ccncc1. The molecule has 2 nitrogen and oxygen atoms in total. The molecule has 1 rings (SSSR count). The highest BCUT2D eigenvalue weighted by Crippen LogP contribution is 2.04. The van der Waals surface area contributed by atoms with Gasteiger partial charge in [0.15, 0.2) is 0 Å². The lowest BCUT2D eigenvalue weighted by Gasteiger charge is -2.08. The molecular weight excluding hydrogens is 172 g/mol. The Hall–Kier alpha value is -1.33. The third-order valence-corrected chi connectivity index (χ3v) is 2.06. The summed E-state index contributed by atoms with van der Waals surface area (Å²) >= 11 is 0. The lowest BCUT2D eigenvalue weighted by Crippen LogP contribution is -2.22. The molecule has 0 aliphatic carbocycles. The van der Waals surface area contributed by atoms with Crippen LogP contribution in [0.2, 0.25) is 0 Å². The molecule has 0 aliphatic heterocycles. The molecule has 1 aromatic heterocycles. The average molecular weight is 188 g/mol. The van der Waals surface area contributed by atoms with E-state index in [2.05, 4.69) is 16.8 Å². The first kappa shape index (κ1) is 10.7. The van der Waals surface area contributed by atoms with Crippen LogP contribution in [0.25, 0.3) is 0 Å². The van der Waals surface area contributed by atoms with Crippen LogP contribution in [0.5, 0.6) is 0 Å². The quantitative estimate of drug-likeness (QED) is 0.731. The first-order valence-electron chi connectivity index (χ1n) is 4.87. The Morgan fingerprint density at radius 3 is 2.79 bits per heavy atom. The van der Waals surface area contributed by atoms with Crippen LogP contribution in [-0.2, 0) is 6.42 Å². The van der Waals surface area contributed by atoms with Crippen LogP contribution in [0.4, 0.5) is 0 Å². The Morgan fingerprint density at radius 2 is 2.14 bits per heavy atom.